The summed E-state index contributed by atoms with van der Waals surface area (Å²) in [4.78, 5) is 2.73. The Morgan fingerprint density at radius 2 is 1.88 bits per heavy atom. The minimum absolute atomic E-state index is 0.350. The Morgan fingerprint density at radius 3 is 2.62 bits per heavy atom. The van der Waals surface area contributed by atoms with Gasteiger partial charge in [-0.05, 0) is 49.1 Å². The second-order valence-corrected chi connectivity index (χ2v) is 8.73. The van der Waals surface area contributed by atoms with Crippen LogP contribution < -0.4 is 4.90 Å². The second kappa shape index (κ2) is 6.57. The van der Waals surface area contributed by atoms with E-state index in [1.165, 1.54) is 15.6 Å². The zero-order chi connectivity index (χ0) is 17.3. The third-order valence-corrected chi connectivity index (χ3v) is 6.51. The lowest BCUT2D eigenvalue weighted by molar-refractivity contribution is 0.520. The SMILES string of the molecule is CC1CCc2ccccc2N1Cc1cccc(S(=O)(=O)N(C)C)c1. The van der Waals surface area contributed by atoms with Crippen molar-refractivity contribution < 1.29 is 8.42 Å². The first-order valence-electron chi connectivity index (χ1n) is 8.25. The lowest BCUT2D eigenvalue weighted by Gasteiger charge is -2.37. The van der Waals surface area contributed by atoms with Gasteiger partial charge in [0.1, 0.15) is 0 Å². The third kappa shape index (κ3) is 3.19. The van der Waals surface area contributed by atoms with Crippen LogP contribution in [0.15, 0.2) is 53.4 Å². The highest BCUT2D eigenvalue weighted by atomic mass is 32.2. The molecular formula is C19H24N2O2S. The number of benzene rings is 2. The van der Waals surface area contributed by atoms with E-state index in [-0.39, 0.29) is 0 Å². The second-order valence-electron chi connectivity index (χ2n) is 6.58. The molecule has 5 heteroatoms. The molecule has 0 bridgehead atoms. The Balaban J connectivity index is 1.92. The molecule has 0 spiro atoms. The zero-order valence-corrected chi connectivity index (χ0v) is 15.3. The van der Waals surface area contributed by atoms with Crippen LogP contribution in [-0.2, 0) is 23.0 Å². The van der Waals surface area contributed by atoms with E-state index in [0.29, 0.717) is 10.9 Å². The molecule has 1 heterocycles. The van der Waals surface area contributed by atoms with Crippen LogP contribution in [0, 0.1) is 0 Å². The predicted octanol–water partition coefficient (Wildman–Crippen LogP) is 3.28. The van der Waals surface area contributed by atoms with Gasteiger partial charge in [-0.15, -0.1) is 0 Å². The first-order chi connectivity index (χ1) is 11.4. The molecule has 0 N–H and O–H groups in total. The summed E-state index contributed by atoms with van der Waals surface area (Å²) in [7, 11) is -0.278. The van der Waals surface area contributed by atoms with Crippen LogP contribution >= 0.6 is 0 Å². The molecule has 0 aliphatic carbocycles. The number of anilines is 1. The van der Waals surface area contributed by atoms with Crippen molar-refractivity contribution in [3.63, 3.8) is 0 Å². The van der Waals surface area contributed by atoms with Gasteiger partial charge in [0.15, 0.2) is 0 Å². The Kier molecular flexibility index (Phi) is 4.65. The third-order valence-electron chi connectivity index (χ3n) is 4.69. The molecule has 128 valence electrons. The summed E-state index contributed by atoms with van der Waals surface area (Å²) in [6.45, 7) is 2.95. The highest BCUT2D eigenvalue weighted by molar-refractivity contribution is 7.89. The van der Waals surface area contributed by atoms with Crippen LogP contribution in [0.25, 0.3) is 0 Å². The first-order valence-corrected chi connectivity index (χ1v) is 9.69. The maximum Gasteiger partial charge on any atom is 0.242 e. The Hall–Kier alpha value is -1.85. The van der Waals surface area contributed by atoms with Gasteiger partial charge in [0, 0.05) is 32.4 Å². The molecule has 1 aliphatic heterocycles. The van der Waals surface area contributed by atoms with Crippen molar-refractivity contribution in [2.45, 2.75) is 37.2 Å². The molecule has 2 aromatic carbocycles. The van der Waals surface area contributed by atoms with Crippen LogP contribution in [0.3, 0.4) is 0 Å². The minimum Gasteiger partial charge on any atom is -0.364 e. The summed E-state index contributed by atoms with van der Waals surface area (Å²) in [5.41, 5.74) is 3.64. The quantitative estimate of drug-likeness (QED) is 0.855. The van der Waals surface area contributed by atoms with Gasteiger partial charge in [0.2, 0.25) is 10.0 Å². The topological polar surface area (TPSA) is 40.6 Å². The summed E-state index contributed by atoms with van der Waals surface area (Å²) < 4.78 is 26.0. The smallest absolute Gasteiger partial charge is 0.242 e. The van der Waals surface area contributed by atoms with Crippen LogP contribution in [0.1, 0.15) is 24.5 Å². The Labute approximate surface area is 144 Å². The summed E-state index contributed by atoms with van der Waals surface area (Å²) >= 11 is 0. The van der Waals surface area contributed by atoms with Crippen molar-refractivity contribution in [1.82, 2.24) is 4.31 Å². The van der Waals surface area contributed by atoms with E-state index in [9.17, 15) is 8.42 Å². The van der Waals surface area contributed by atoms with E-state index in [0.717, 1.165) is 24.9 Å². The van der Waals surface area contributed by atoms with Gasteiger partial charge in [-0.3, -0.25) is 0 Å². The molecule has 0 aromatic heterocycles. The Bertz CT molecular complexity index is 831. The summed E-state index contributed by atoms with van der Waals surface area (Å²) in [5, 5.41) is 0. The molecule has 24 heavy (non-hydrogen) atoms. The molecule has 1 aliphatic rings. The van der Waals surface area contributed by atoms with Crippen molar-refractivity contribution in [3.05, 3.63) is 59.7 Å². The molecule has 0 saturated carbocycles. The molecule has 2 aromatic rings. The van der Waals surface area contributed by atoms with Gasteiger partial charge < -0.3 is 4.90 Å². The van der Waals surface area contributed by atoms with E-state index < -0.39 is 10.0 Å². The monoisotopic (exact) mass is 344 g/mol. The number of nitrogens with zero attached hydrogens (tertiary/aromatic N) is 2. The molecule has 0 fully saturated rings. The average Bonchev–Trinajstić information content (AvgIpc) is 2.57. The first kappa shape index (κ1) is 17.0. The molecular weight excluding hydrogens is 320 g/mol. The van der Waals surface area contributed by atoms with Crippen molar-refractivity contribution >= 4 is 15.7 Å². The van der Waals surface area contributed by atoms with Gasteiger partial charge >= 0.3 is 0 Å². The van der Waals surface area contributed by atoms with Crippen molar-refractivity contribution in [1.29, 1.82) is 0 Å². The number of rotatable bonds is 4. The maximum absolute atomic E-state index is 12.4. The number of fused-ring (bicyclic) bond motifs is 1. The molecule has 1 atom stereocenters. The fourth-order valence-electron chi connectivity index (χ4n) is 3.21. The predicted molar refractivity (Wildman–Crippen MR) is 97.7 cm³/mol. The largest absolute Gasteiger partial charge is 0.364 e. The summed E-state index contributed by atoms with van der Waals surface area (Å²) in [6.07, 6.45) is 2.22. The number of hydrogen-bond donors (Lipinski definition) is 0. The fraction of sp³-hybridized carbons (Fsp3) is 0.368. The van der Waals surface area contributed by atoms with Gasteiger partial charge in [0.25, 0.3) is 0 Å². The van der Waals surface area contributed by atoms with Gasteiger partial charge in [0.05, 0.1) is 4.90 Å². The molecule has 0 saturated heterocycles. The summed E-state index contributed by atoms with van der Waals surface area (Å²) in [6, 6.07) is 16.2. The number of para-hydroxylation sites is 1. The Morgan fingerprint density at radius 1 is 1.12 bits per heavy atom. The van der Waals surface area contributed by atoms with Crippen LogP contribution in [0.5, 0.6) is 0 Å². The molecule has 3 rings (SSSR count). The molecule has 0 radical (unpaired) electrons. The maximum atomic E-state index is 12.4. The number of sulfonamides is 1. The van der Waals surface area contributed by atoms with E-state index in [4.69, 9.17) is 0 Å². The minimum atomic E-state index is -3.40. The molecule has 4 nitrogen and oxygen atoms in total. The van der Waals surface area contributed by atoms with Gasteiger partial charge in [-0.2, -0.15) is 0 Å². The zero-order valence-electron chi connectivity index (χ0n) is 14.4. The van der Waals surface area contributed by atoms with E-state index in [1.54, 1.807) is 26.2 Å². The van der Waals surface area contributed by atoms with Gasteiger partial charge in [-0.1, -0.05) is 30.3 Å². The van der Waals surface area contributed by atoms with E-state index in [2.05, 4.69) is 36.1 Å². The fourth-order valence-corrected chi connectivity index (χ4v) is 4.19. The van der Waals surface area contributed by atoms with Crippen LogP contribution in [0.2, 0.25) is 0 Å². The average molecular weight is 344 g/mol. The normalized spacial score (nSPS) is 17.8. The molecule has 1 unspecified atom stereocenters. The lowest BCUT2D eigenvalue weighted by Crippen LogP contribution is -2.36. The van der Waals surface area contributed by atoms with E-state index in [1.807, 2.05) is 12.1 Å². The molecule has 0 amide bonds. The van der Waals surface area contributed by atoms with E-state index >= 15 is 0 Å². The standard InChI is InChI=1S/C19H24N2O2S/c1-15-11-12-17-8-4-5-10-19(17)21(15)14-16-7-6-9-18(13-16)24(22,23)20(2)3/h4-10,13,15H,11-12,14H2,1-3H3. The van der Waals surface area contributed by atoms with Crippen LogP contribution in [0.4, 0.5) is 5.69 Å². The van der Waals surface area contributed by atoms with Crippen molar-refractivity contribution in [2.75, 3.05) is 19.0 Å². The number of aryl methyl sites for hydroxylation is 1. The van der Waals surface area contributed by atoms with Crippen molar-refractivity contribution in [2.24, 2.45) is 0 Å². The highest BCUT2D eigenvalue weighted by Gasteiger charge is 2.23. The van der Waals surface area contributed by atoms with Gasteiger partial charge in [-0.25, -0.2) is 12.7 Å². The highest BCUT2D eigenvalue weighted by Crippen LogP contribution is 2.32. The van der Waals surface area contributed by atoms with Crippen LogP contribution in [-0.4, -0.2) is 32.9 Å². The number of hydrogen-bond acceptors (Lipinski definition) is 3. The summed E-state index contributed by atoms with van der Waals surface area (Å²) in [5.74, 6) is 0. The van der Waals surface area contributed by atoms with Crippen molar-refractivity contribution in [3.8, 4) is 0 Å². The lowest BCUT2D eigenvalue weighted by atomic mass is 9.96.